The number of hydrogen-bond acceptors (Lipinski definition) is 4. The first-order valence-electron chi connectivity index (χ1n) is 7.31. The van der Waals surface area contributed by atoms with Crippen LogP contribution in [0, 0.1) is 0 Å². The zero-order valence-corrected chi connectivity index (χ0v) is 12.0. The van der Waals surface area contributed by atoms with Crippen molar-refractivity contribution >= 4 is 0 Å². The van der Waals surface area contributed by atoms with Crippen LogP contribution in [0.15, 0.2) is 0 Å². The summed E-state index contributed by atoms with van der Waals surface area (Å²) in [4.78, 5) is 2.58. The molecule has 0 spiro atoms. The summed E-state index contributed by atoms with van der Waals surface area (Å²) >= 11 is 0. The first-order chi connectivity index (χ1) is 8.78. The second kappa shape index (κ2) is 6.85. The monoisotopic (exact) mass is 256 g/mol. The van der Waals surface area contributed by atoms with E-state index in [4.69, 9.17) is 9.47 Å². The van der Waals surface area contributed by atoms with Crippen molar-refractivity contribution in [2.75, 3.05) is 33.9 Å². The molecule has 0 bridgehead atoms. The van der Waals surface area contributed by atoms with Gasteiger partial charge in [0.05, 0.1) is 12.2 Å². The van der Waals surface area contributed by atoms with Crippen LogP contribution in [0.5, 0.6) is 0 Å². The third-order valence-corrected chi connectivity index (χ3v) is 4.50. The molecule has 0 aromatic carbocycles. The lowest BCUT2D eigenvalue weighted by molar-refractivity contribution is -0.00461. The predicted molar refractivity (Wildman–Crippen MR) is 72.9 cm³/mol. The second-order valence-corrected chi connectivity index (χ2v) is 5.58. The molecule has 0 aromatic rings. The molecule has 2 aliphatic rings. The quantitative estimate of drug-likeness (QED) is 0.803. The summed E-state index contributed by atoms with van der Waals surface area (Å²) in [5.74, 6) is 0. The molecule has 1 aliphatic carbocycles. The van der Waals surface area contributed by atoms with Gasteiger partial charge in [-0.3, -0.25) is 4.90 Å². The number of hydrogen-bond donors (Lipinski definition) is 1. The topological polar surface area (TPSA) is 33.7 Å². The number of nitrogens with zero attached hydrogens (tertiary/aromatic N) is 1. The molecule has 2 fully saturated rings. The minimum Gasteiger partial charge on any atom is -0.377 e. The van der Waals surface area contributed by atoms with Gasteiger partial charge in [0.1, 0.15) is 0 Å². The molecule has 1 N–H and O–H groups in total. The summed E-state index contributed by atoms with van der Waals surface area (Å²) in [6.07, 6.45) is 5.77. The highest BCUT2D eigenvalue weighted by molar-refractivity contribution is 4.92. The molecule has 1 saturated carbocycles. The lowest BCUT2D eigenvalue weighted by atomic mass is 9.90. The maximum Gasteiger partial charge on any atom is 0.0971 e. The van der Waals surface area contributed by atoms with Gasteiger partial charge < -0.3 is 14.8 Å². The van der Waals surface area contributed by atoms with Gasteiger partial charge >= 0.3 is 0 Å². The van der Waals surface area contributed by atoms with E-state index < -0.39 is 0 Å². The Kier molecular flexibility index (Phi) is 5.42. The van der Waals surface area contributed by atoms with E-state index >= 15 is 0 Å². The summed E-state index contributed by atoms with van der Waals surface area (Å²) in [5.41, 5.74) is 0. The lowest BCUT2D eigenvalue weighted by Crippen LogP contribution is -2.44. The SMILES string of the molecule is CCNC1CCCC(N2CC(OC)C(OC)C2)C1. The van der Waals surface area contributed by atoms with E-state index in [9.17, 15) is 0 Å². The average Bonchev–Trinajstić information content (AvgIpc) is 2.82. The Bertz CT molecular complexity index is 236. The van der Waals surface area contributed by atoms with Crippen LogP contribution in [-0.4, -0.2) is 63.0 Å². The van der Waals surface area contributed by atoms with Gasteiger partial charge in [0.2, 0.25) is 0 Å². The summed E-state index contributed by atoms with van der Waals surface area (Å²) < 4.78 is 11.1. The van der Waals surface area contributed by atoms with Gasteiger partial charge in [-0.25, -0.2) is 0 Å². The van der Waals surface area contributed by atoms with Gasteiger partial charge in [-0.15, -0.1) is 0 Å². The molecule has 4 nitrogen and oxygen atoms in total. The molecule has 4 heteroatoms. The molecular weight excluding hydrogens is 228 g/mol. The van der Waals surface area contributed by atoms with E-state index in [0.29, 0.717) is 12.1 Å². The van der Waals surface area contributed by atoms with Crippen molar-refractivity contribution in [3.63, 3.8) is 0 Å². The van der Waals surface area contributed by atoms with Gasteiger partial charge in [-0.2, -0.15) is 0 Å². The minimum atomic E-state index is 0.245. The van der Waals surface area contributed by atoms with Crippen LogP contribution in [0.2, 0.25) is 0 Å². The zero-order chi connectivity index (χ0) is 13.0. The van der Waals surface area contributed by atoms with Crippen LogP contribution >= 0.6 is 0 Å². The Balaban J connectivity index is 1.87. The molecule has 0 radical (unpaired) electrons. The third-order valence-electron chi connectivity index (χ3n) is 4.50. The average molecular weight is 256 g/mol. The summed E-state index contributed by atoms with van der Waals surface area (Å²) in [7, 11) is 3.59. The summed E-state index contributed by atoms with van der Waals surface area (Å²) in [6, 6.07) is 1.41. The Hall–Kier alpha value is -0.160. The van der Waals surface area contributed by atoms with Gasteiger partial charge in [-0.1, -0.05) is 13.3 Å². The van der Waals surface area contributed by atoms with Gasteiger partial charge in [0, 0.05) is 39.4 Å². The van der Waals surface area contributed by atoms with Gasteiger partial charge in [0.25, 0.3) is 0 Å². The van der Waals surface area contributed by atoms with Crippen molar-refractivity contribution in [1.82, 2.24) is 10.2 Å². The second-order valence-electron chi connectivity index (χ2n) is 5.58. The molecule has 106 valence electrons. The number of methoxy groups -OCH3 is 2. The third kappa shape index (κ3) is 3.23. The molecule has 1 saturated heterocycles. The maximum absolute atomic E-state index is 5.53. The van der Waals surface area contributed by atoms with Gasteiger partial charge in [-0.05, 0) is 25.8 Å². The fourth-order valence-corrected chi connectivity index (χ4v) is 3.49. The fraction of sp³-hybridized carbons (Fsp3) is 1.00. The molecule has 0 aromatic heterocycles. The summed E-state index contributed by atoms with van der Waals surface area (Å²) in [5, 5.41) is 3.60. The standard InChI is InChI=1S/C14H28N2O2/c1-4-15-11-6-5-7-12(8-11)16-9-13(17-2)14(10-16)18-3/h11-15H,4-10H2,1-3H3. The van der Waals surface area contributed by atoms with Crippen LogP contribution in [0.25, 0.3) is 0 Å². The van der Waals surface area contributed by atoms with Crippen molar-refractivity contribution in [2.45, 2.75) is 56.9 Å². The van der Waals surface area contributed by atoms with E-state index in [-0.39, 0.29) is 12.2 Å². The van der Waals surface area contributed by atoms with E-state index in [1.807, 2.05) is 0 Å². The van der Waals surface area contributed by atoms with E-state index in [1.54, 1.807) is 14.2 Å². The number of likely N-dealkylation sites (tertiary alicyclic amines) is 1. The maximum atomic E-state index is 5.53. The van der Waals surface area contributed by atoms with Gasteiger partial charge in [0.15, 0.2) is 0 Å². The van der Waals surface area contributed by atoms with E-state index in [0.717, 1.165) is 19.6 Å². The smallest absolute Gasteiger partial charge is 0.0971 e. The molecule has 1 aliphatic heterocycles. The molecule has 18 heavy (non-hydrogen) atoms. The predicted octanol–water partition coefficient (Wildman–Crippen LogP) is 1.25. The van der Waals surface area contributed by atoms with Crippen molar-refractivity contribution in [3.05, 3.63) is 0 Å². The number of nitrogens with one attached hydrogen (secondary N) is 1. The van der Waals surface area contributed by atoms with Crippen LogP contribution in [0.1, 0.15) is 32.6 Å². The summed E-state index contributed by atoms with van der Waals surface area (Å²) in [6.45, 7) is 5.33. The highest BCUT2D eigenvalue weighted by atomic mass is 16.5. The van der Waals surface area contributed by atoms with Crippen LogP contribution in [0.3, 0.4) is 0 Å². The molecular formula is C14H28N2O2. The molecule has 1 heterocycles. The Morgan fingerprint density at radius 2 is 1.78 bits per heavy atom. The van der Waals surface area contributed by atoms with Crippen molar-refractivity contribution < 1.29 is 9.47 Å². The highest BCUT2D eigenvalue weighted by Crippen LogP contribution is 2.27. The van der Waals surface area contributed by atoms with Crippen LogP contribution in [-0.2, 0) is 9.47 Å². The first-order valence-corrected chi connectivity index (χ1v) is 7.31. The molecule has 2 rings (SSSR count). The lowest BCUT2D eigenvalue weighted by Gasteiger charge is -2.35. The van der Waals surface area contributed by atoms with Crippen LogP contribution < -0.4 is 5.32 Å². The van der Waals surface area contributed by atoms with E-state index in [2.05, 4.69) is 17.1 Å². The van der Waals surface area contributed by atoms with E-state index in [1.165, 1.54) is 25.7 Å². The van der Waals surface area contributed by atoms with Crippen LogP contribution in [0.4, 0.5) is 0 Å². The minimum absolute atomic E-state index is 0.245. The number of ether oxygens (including phenoxy) is 2. The largest absolute Gasteiger partial charge is 0.377 e. The molecule has 0 amide bonds. The fourth-order valence-electron chi connectivity index (χ4n) is 3.49. The van der Waals surface area contributed by atoms with Crippen molar-refractivity contribution in [1.29, 1.82) is 0 Å². The molecule has 4 unspecified atom stereocenters. The Labute approximate surface area is 111 Å². The van der Waals surface area contributed by atoms with Crippen molar-refractivity contribution in [3.8, 4) is 0 Å². The Morgan fingerprint density at radius 3 is 2.33 bits per heavy atom. The normalized spacial score (nSPS) is 38.2. The number of rotatable bonds is 5. The Morgan fingerprint density at radius 1 is 1.11 bits per heavy atom. The van der Waals surface area contributed by atoms with Crippen molar-refractivity contribution in [2.24, 2.45) is 0 Å². The molecule has 4 atom stereocenters. The zero-order valence-electron chi connectivity index (χ0n) is 12.0. The highest BCUT2D eigenvalue weighted by Gasteiger charge is 2.37. The first kappa shape index (κ1) is 14.3.